The van der Waals surface area contributed by atoms with Crippen molar-refractivity contribution in [2.24, 2.45) is 0 Å². The summed E-state index contributed by atoms with van der Waals surface area (Å²) >= 11 is 6.06. The monoisotopic (exact) mass is 344 g/mol. The lowest BCUT2D eigenvalue weighted by Gasteiger charge is -2.10. The highest BCUT2D eigenvalue weighted by atomic mass is 35.5. The van der Waals surface area contributed by atoms with E-state index >= 15 is 0 Å². The number of aromatic carboxylic acids is 1. The van der Waals surface area contributed by atoms with Crippen LogP contribution in [0.5, 0.6) is 5.75 Å². The van der Waals surface area contributed by atoms with Gasteiger partial charge in [-0.3, -0.25) is 4.68 Å². The molecule has 5 nitrogen and oxygen atoms in total. The SMILES string of the molecule is CCc1cc(Cl)ccc1Cn1nc(C(=O)O)c2ccc(OC)cc21. The highest BCUT2D eigenvalue weighted by Gasteiger charge is 2.17. The lowest BCUT2D eigenvalue weighted by molar-refractivity contribution is 0.0691. The maximum absolute atomic E-state index is 11.5. The van der Waals surface area contributed by atoms with Crippen LogP contribution in [0.25, 0.3) is 10.9 Å². The number of hydrogen-bond acceptors (Lipinski definition) is 3. The summed E-state index contributed by atoms with van der Waals surface area (Å²) in [5, 5.41) is 15.0. The number of fused-ring (bicyclic) bond motifs is 1. The number of benzene rings is 2. The molecule has 2 aromatic carbocycles. The number of aromatic nitrogens is 2. The molecule has 0 aliphatic carbocycles. The number of methoxy groups -OCH3 is 1. The quantitative estimate of drug-likeness (QED) is 0.759. The molecule has 0 radical (unpaired) electrons. The summed E-state index contributed by atoms with van der Waals surface area (Å²) in [7, 11) is 1.58. The molecule has 124 valence electrons. The minimum absolute atomic E-state index is 0.0414. The molecule has 1 aromatic heterocycles. The van der Waals surface area contributed by atoms with Gasteiger partial charge in [-0.25, -0.2) is 4.79 Å². The number of aryl methyl sites for hydroxylation is 1. The number of ether oxygens (including phenoxy) is 1. The maximum atomic E-state index is 11.5. The molecule has 3 aromatic rings. The van der Waals surface area contributed by atoms with E-state index in [2.05, 4.69) is 12.0 Å². The average molecular weight is 345 g/mol. The highest BCUT2D eigenvalue weighted by Crippen LogP contribution is 2.26. The molecule has 1 heterocycles. The van der Waals surface area contributed by atoms with Gasteiger partial charge in [0.05, 0.1) is 19.2 Å². The molecule has 0 amide bonds. The van der Waals surface area contributed by atoms with Gasteiger partial charge in [-0.05, 0) is 41.8 Å². The van der Waals surface area contributed by atoms with Crippen molar-refractivity contribution in [1.29, 1.82) is 0 Å². The zero-order valence-electron chi connectivity index (χ0n) is 13.4. The second kappa shape index (κ2) is 6.53. The fourth-order valence-corrected chi connectivity index (χ4v) is 2.99. The van der Waals surface area contributed by atoms with Crippen molar-refractivity contribution in [2.45, 2.75) is 19.9 Å². The van der Waals surface area contributed by atoms with Crippen molar-refractivity contribution in [3.8, 4) is 5.75 Å². The smallest absolute Gasteiger partial charge is 0.357 e. The molecule has 0 atom stereocenters. The first-order valence-corrected chi connectivity index (χ1v) is 7.96. The Bertz CT molecular complexity index is 918. The van der Waals surface area contributed by atoms with Gasteiger partial charge in [0.15, 0.2) is 5.69 Å². The zero-order valence-corrected chi connectivity index (χ0v) is 14.2. The second-order valence-electron chi connectivity index (χ2n) is 5.46. The van der Waals surface area contributed by atoms with Crippen LogP contribution in [0.3, 0.4) is 0 Å². The molecule has 0 fully saturated rings. The molecule has 0 aliphatic heterocycles. The predicted molar refractivity (Wildman–Crippen MR) is 93.2 cm³/mol. The fourth-order valence-electron chi connectivity index (χ4n) is 2.80. The molecule has 6 heteroatoms. The van der Waals surface area contributed by atoms with Crippen LogP contribution in [0.1, 0.15) is 28.5 Å². The lowest BCUT2D eigenvalue weighted by Crippen LogP contribution is -2.06. The van der Waals surface area contributed by atoms with E-state index in [1.807, 2.05) is 18.2 Å². The molecule has 3 rings (SSSR count). The Kier molecular flexibility index (Phi) is 4.44. The van der Waals surface area contributed by atoms with Crippen LogP contribution in [0.15, 0.2) is 36.4 Å². The maximum Gasteiger partial charge on any atom is 0.357 e. The predicted octanol–water partition coefficient (Wildman–Crippen LogP) is 4.01. The molecule has 0 bridgehead atoms. The van der Waals surface area contributed by atoms with E-state index < -0.39 is 5.97 Å². The van der Waals surface area contributed by atoms with Crippen LogP contribution in [-0.2, 0) is 13.0 Å². The molecular weight excluding hydrogens is 328 g/mol. The number of hydrogen-bond donors (Lipinski definition) is 1. The van der Waals surface area contributed by atoms with Gasteiger partial charge in [0.2, 0.25) is 0 Å². The molecule has 24 heavy (non-hydrogen) atoms. The first kappa shape index (κ1) is 16.3. The van der Waals surface area contributed by atoms with Gasteiger partial charge in [0, 0.05) is 16.5 Å². The first-order valence-electron chi connectivity index (χ1n) is 7.58. The molecule has 0 aliphatic rings. The van der Waals surface area contributed by atoms with E-state index in [1.165, 1.54) is 0 Å². The van der Waals surface area contributed by atoms with Gasteiger partial charge in [-0.2, -0.15) is 5.10 Å². The standard InChI is InChI=1S/C18H17ClN2O3/c1-3-11-8-13(19)5-4-12(11)10-21-16-9-14(24-2)6-7-15(16)17(20-21)18(22)23/h4-9H,3,10H2,1-2H3,(H,22,23). The second-order valence-corrected chi connectivity index (χ2v) is 5.90. The van der Waals surface area contributed by atoms with Crippen molar-refractivity contribution in [3.05, 3.63) is 58.2 Å². The highest BCUT2D eigenvalue weighted by molar-refractivity contribution is 6.30. The van der Waals surface area contributed by atoms with Crippen molar-refractivity contribution in [1.82, 2.24) is 9.78 Å². The van der Waals surface area contributed by atoms with Crippen LogP contribution in [0, 0.1) is 0 Å². The Balaban J connectivity index is 2.13. The summed E-state index contributed by atoms with van der Waals surface area (Å²) in [6, 6.07) is 11.0. The summed E-state index contributed by atoms with van der Waals surface area (Å²) < 4.78 is 6.95. The number of nitrogens with zero attached hydrogens (tertiary/aromatic N) is 2. The van der Waals surface area contributed by atoms with E-state index in [1.54, 1.807) is 30.0 Å². The third-order valence-corrected chi connectivity index (χ3v) is 4.27. The molecule has 0 spiro atoms. The van der Waals surface area contributed by atoms with Crippen LogP contribution in [0.2, 0.25) is 5.02 Å². The van der Waals surface area contributed by atoms with Gasteiger partial charge in [0.25, 0.3) is 0 Å². The van der Waals surface area contributed by atoms with Gasteiger partial charge in [-0.1, -0.05) is 24.6 Å². The van der Waals surface area contributed by atoms with Crippen LogP contribution >= 0.6 is 11.6 Å². The summed E-state index contributed by atoms with van der Waals surface area (Å²) in [5.41, 5.74) is 2.94. The molecular formula is C18H17ClN2O3. The van der Waals surface area contributed by atoms with Gasteiger partial charge >= 0.3 is 5.97 Å². The lowest BCUT2D eigenvalue weighted by atomic mass is 10.1. The number of carboxylic acids is 1. The Hall–Kier alpha value is -2.53. The Morgan fingerprint density at radius 1 is 1.25 bits per heavy atom. The Morgan fingerprint density at radius 3 is 2.71 bits per heavy atom. The zero-order chi connectivity index (χ0) is 17.3. The van der Waals surface area contributed by atoms with E-state index in [9.17, 15) is 9.90 Å². The minimum Gasteiger partial charge on any atom is -0.497 e. The molecule has 0 saturated carbocycles. The molecule has 0 unspecified atom stereocenters. The number of rotatable bonds is 5. The van der Waals surface area contributed by atoms with E-state index in [4.69, 9.17) is 16.3 Å². The van der Waals surface area contributed by atoms with Gasteiger partial charge in [0.1, 0.15) is 5.75 Å². The number of halogens is 1. The first-order chi connectivity index (χ1) is 11.5. The summed E-state index contributed by atoms with van der Waals surface area (Å²) in [6.07, 6.45) is 0.838. The van der Waals surface area contributed by atoms with Gasteiger partial charge in [-0.15, -0.1) is 0 Å². The molecule has 1 N–H and O–H groups in total. The molecule has 0 saturated heterocycles. The average Bonchev–Trinajstić information content (AvgIpc) is 2.94. The van der Waals surface area contributed by atoms with E-state index in [-0.39, 0.29) is 5.69 Å². The van der Waals surface area contributed by atoms with Crippen molar-refractivity contribution < 1.29 is 14.6 Å². The normalized spacial score (nSPS) is 11.0. The van der Waals surface area contributed by atoms with Gasteiger partial charge < -0.3 is 9.84 Å². The van der Waals surface area contributed by atoms with E-state index in [0.717, 1.165) is 23.1 Å². The fraction of sp³-hybridized carbons (Fsp3) is 0.222. The summed E-state index contributed by atoms with van der Waals surface area (Å²) in [4.78, 5) is 11.5. The van der Waals surface area contributed by atoms with Crippen LogP contribution in [0.4, 0.5) is 0 Å². The van der Waals surface area contributed by atoms with Crippen LogP contribution < -0.4 is 4.74 Å². The third kappa shape index (κ3) is 2.95. The Morgan fingerprint density at radius 2 is 2.04 bits per heavy atom. The topological polar surface area (TPSA) is 64.4 Å². The van der Waals surface area contributed by atoms with Crippen molar-refractivity contribution >= 4 is 28.5 Å². The number of carbonyl (C=O) groups is 1. The minimum atomic E-state index is -1.05. The summed E-state index contributed by atoms with van der Waals surface area (Å²) in [6.45, 7) is 2.53. The van der Waals surface area contributed by atoms with Crippen molar-refractivity contribution in [2.75, 3.05) is 7.11 Å². The van der Waals surface area contributed by atoms with Crippen molar-refractivity contribution in [3.63, 3.8) is 0 Å². The summed E-state index contributed by atoms with van der Waals surface area (Å²) in [5.74, 6) is -0.386. The Labute approximate surface area is 144 Å². The third-order valence-electron chi connectivity index (χ3n) is 4.03. The largest absolute Gasteiger partial charge is 0.497 e. The van der Waals surface area contributed by atoms with E-state index in [0.29, 0.717) is 22.7 Å². The number of carboxylic acid groups (broad SMARTS) is 1. The van der Waals surface area contributed by atoms with Crippen LogP contribution in [-0.4, -0.2) is 28.0 Å².